The molecule has 0 unspecified atom stereocenters. The van der Waals surface area contributed by atoms with E-state index in [1.165, 1.54) is 11.1 Å². The summed E-state index contributed by atoms with van der Waals surface area (Å²) < 4.78 is 5.33. The molecule has 0 saturated carbocycles. The predicted molar refractivity (Wildman–Crippen MR) is 104 cm³/mol. The highest BCUT2D eigenvalue weighted by atomic mass is 32.2. The van der Waals surface area contributed by atoms with Gasteiger partial charge in [-0.1, -0.05) is 6.07 Å². The fourth-order valence-electron chi connectivity index (χ4n) is 2.20. The van der Waals surface area contributed by atoms with E-state index in [0.29, 0.717) is 30.1 Å². The number of thioether (sulfide) groups is 1. The molecule has 0 aliphatic rings. The molecule has 0 aliphatic heterocycles. The quantitative estimate of drug-likeness (QED) is 0.575. The molecule has 0 aromatic heterocycles. The minimum atomic E-state index is -0.358. The molecule has 0 radical (unpaired) electrons. The van der Waals surface area contributed by atoms with Gasteiger partial charge in [0, 0.05) is 22.6 Å². The van der Waals surface area contributed by atoms with Crippen molar-refractivity contribution in [3.05, 3.63) is 59.2 Å². The fraction of sp³-hybridized carbons (Fsp3) is 0.300. The molecular formula is C20H24N2O3S. The minimum absolute atomic E-state index is 0.222. The number of ether oxygens (including phenoxy) is 1. The van der Waals surface area contributed by atoms with Crippen molar-refractivity contribution < 1.29 is 14.3 Å². The van der Waals surface area contributed by atoms with Crippen LogP contribution in [0.2, 0.25) is 0 Å². The Morgan fingerprint density at radius 2 is 1.73 bits per heavy atom. The zero-order valence-corrected chi connectivity index (χ0v) is 16.1. The van der Waals surface area contributed by atoms with E-state index in [1.54, 1.807) is 36.0 Å². The molecule has 0 spiro atoms. The molecule has 2 rings (SSSR count). The topological polar surface area (TPSA) is 67.4 Å². The Hall–Kier alpha value is -2.47. The standard InChI is InChI=1S/C20H24N2O3S/c1-4-25-17-8-6-16(7-9-17)20(24)22-21-19(23)11-12-26-18-10-5-14(2)15(3)13-18/h5-10,13H,4,11-12H2,1-3H3,(H,21,23)(H,22,24). The van der Waals surface area contributed by atoms with Crippen LogP contribution in [0.4, 0.5) is 0 Å². The molecule has 2 N–H and O–H groups in total. The molecule has 0 fully saturated rings. The molecule has 0 atom stereocenters. The van der Waals surface area contributed by atoms with Gasteiger partial charge in [-0.25, -0.2) is 0 Å². The number of benzene rings is 2. The van der Waals surface area contributed by atoms with Crippen molar-refractivity contribution in [3.63, 3.8) is 0 Å². The first kappa shape index (κ1) is 19.8. The molecule has 6 heteroatoms. The highest BCUT2D eigenvalue weighted by molar-refractivity contribution is 7.99. The summed E-state index contributed by atoms with van der Waals surface area (Å²) in [4.78, 5) is 25.0. The van der Waals surface area contributed by atoms with Crippen LogP contribution in [0.15, 0.2) is 47.4 Å². The maximum atomic E-state index is 12.0. The van der Waals surface area contributed by atoms with Gasteiger partial charge in [0.15, 0.2) is 0 Å². The van der Waals surface area contributed by atoms with Gasteiger partial charge in [-0.15, -0.1) is 11.8 Å². The van der Waals surface area contributed by atoms with Crippen molar-refractivity contribution in [1.29, 1.82) is 0 Å². The number of rotatable bonds is 7. The Morgan fingerprint density at radius 1 is 1.00 bits per heavy atom. The summed E-state index contributed by atoms with van der Waals surface area (Å²) in [6.45, 7) is 6.61. The fourth-order valence-corrected chi connectivity index (χ4v) is 3.14. The average molecular weight is 372 g/mol. The number of hydrazine groups is 1. The molecule has 2 aromatic rings. The highest BCUT2D eigenvalue weighted by Gasteiger charge is 2.08. The lowest BCUT2D eigenvalue weighted by Crippen LogP contribution is -2.41. The molecule has 2 amide bonds. The van der Waals surface area contributed by atoms with Crippen molar-refractivity contribution in [1.82, 2.24) is 10.9 Å². The van der Waals surface area contributed by atoms with Gasteiger partial charge in [0.1, 0.15) is 5.75 Å². The van der Waals surface area contributed by atoms with Crippen LogP contribution in [0.25, 0.3) is 0 Å². The lowest BCUT2D eigenvalue weighted by Gasteiger charge is -2.09. The second-order valence-corrected chi connectivity index (χ2v) is 6.97. The number of hydrogen-bond donors (Lipinski definition) is 2. The maximum absolute atomic E-state index is 12.0. The molecule has 2 aromatic carbocycles. The van der Waals surface area contributed by atoms with Crippen molar-refractivity contribution >= 4 is 23.6 Å². The monoisotopic (exact) mass is 372 g/mol. The molecule has 138 valence electrons. The van der Waals surface area contributed by atoms with E-state index < -0.39 is 0 Å². The van der Waals surface area contributed by atoms with E-state index in [0.717, 1.165) is 4.90 Å². The number of amides is 2. The van der Waals surface area contributed by atoms with E-state index in [2.05, 4.69) is 42.9 Å². The van der Waals surface area contributed by atoms with Gasteiger partial charge >= 0.3 is 0 Å². The minimum Gasteiger partial charge on any atom is -0.494 e. The predicted octanol–water partition coefficient (Wildman–Crippen LogP) is 3.65. The van der Waals surface area contributed by atoms with Crippen LogP contribution >= 0.6 is 11.8 Å². The van der Waals surface area contributed by atoms with Crippen molar-refractivity contribution in [2.24, 2.45) is 0 Å². The first-order valence-electron chi connectivity index (χ1n) is 8.51. The number of nitrogens with one attached hydrogen (secondary N) is 2. The molecule has 26 heavy (non-hydrogen) atoms. The largest absolute Gasteiger partial charge is 0.494 e. The third-order valence-corrected chi connectivity index (χ3v) is 4.81. The van der Waals surface area contributed by atoms with Gasteiger partial charge in [0.2, 0.25) is 5.91 Å². The number of aryl methyl sites for hydroxylation is 2. The Labute approximate surface area is 158 Å². The summed E-state index contributed by atoms with van der Waals surface area (Å²) in [5.41, 5.74) is 7.82. The van der Waals surface area contributed by atoms with Gasteiger partial charge in [-0.2, -0.15) is 0 Å². The number of carbonyl (C=O) groups excluding carboxylic acids is 2. The third-order valence-electron chi connectivity index (χ3n) is 3.82. The molecule has 0 aliphatic carbocycles. The van der Waals surface area contributed by atoms with Crippen LogP contribution in [-0.2, 0) is 4.79 Å². The van der Waals surface area contributed by atoms with Crippen LogP contribution in [-0.4, -0.2) is 24.2 Å². The summed E-state index contributed by atoms with van der Waals surface area (Å²) >= 11 is 1.62. The highest BCUT2D eigenvalue weighted by Crippen LogP contribution is 2.21. The number of carbonyl (C=O) groups is 2. The smallest absolute Gasteiger partial charge is 0.269 e. The summed E-state index contributed by atoms with van der Waals surface area (Å²) in [5.74, 6) is 0.771. The summed E-state index contributed by atoms with van der Waals surface area (Å²) in [7, 11) is 0. The lowest BCUT2D eigenvalue weighted by atomic mass is 10.1. The normalized spacial score (nSPS) is 10.3. The molecule has 0 bridgehead atoms. The Balaban J connectivity index is 1.72. The van der Waals surface area contributed by atoms with Crippen molar-refractivity contribution in [2.45, 2.75) is 32.1 Å². The first-order valence-corrected chi connectivity index (χ1v) is 9.50. The SMILES string of the molecule is CCOc1ccc(C(=O)NNC(=O)CCSc2ccc(C)c(C)c2)cc1. The number of hydrogen-bond acceptors (Lipinski definition) is 4. The first-order chi connectivity index (χ1) is 12.5. The zero-order chi connectivity index (χ0) is 18.9. The Kier molecular flexibility index (Phi) is 7.53. The van der Waals surface area contributed by atoms with Crippen LogP contribution in [0.3, 0.4) is 0 Å². The van der Waals surface area contributed by atoms with E-state index in [4.69, 9.17) is 4.74 Å². The Morgan fingerprint density at radius 3 is 2.38 bits per heavy atom. The summed E-state index contributed by atoms with van der Waals surface area (Å²) in [5, 5.41) is 0. The maximum Gasteiger partial charge on any atom is 0.269 e. The molecule has 5 nitrogen and oxygen atoms in total. The Bertz CT molecular complexity index is 760. The molecule has 0 heterocycles. The summed E-state index contributed by atoms with van der Waals surface area (Å²) in [6.07, 6.45) is 0.321. The molecule has 0 saturated heterocycles. The van der Waals surface area contributed by atoms with Gasteiger partial charge in [-0.05, 0) is 68.3 Å². The van der Waals surface area contributed by atoms with Gasteiger partial charge in [0.05, 0.1) is 6.61 Å². The molecular weight excluding hydrogens is 348 g/mol. The average Bonchev–Trinajstić information content (AvgIpc) is 2.63. The van der Waals surface area contributed by atoms with Gasteiger partial charge in [-0.3, -0.25) is 20.4 Å². The van der Waals surface area contributed by atoms with Crippen LogP contribution in [0.5, 0.6) is 5.75 Å². The van der Waals surface area contributed by atoms with E-state index >= 15 is 0 Å². The van der Waals surface area contributed by atoms with E-state index in [-0.39, 0.29) is 11.8 Å². The van der Waals surface area contributed by atoms with E-state index in [1.807, 2.05) is 6.92 Å². The van der Waals surface area contributed by atoms with Crippen molar-refractivity contribution in [3.8, 4) is 5.75 Å². The summed E-state index contributed by atoms with van der Waals surface area (Å²) in [6, 6.07) is 13.0. The van der Waals surface area contributed by atoms with Crippen LogP contribution in [0.1, 0.15) is 34.8 Å². The van der Waals surface area contributed by atoms with Crippen LogP contribution < -0.4 is 15.6 Å². The van der Waals surface area contributed by atoms with Gasteiger partial charge in [0.25, 0.3) is 5.91 Å². The van der Waals surface area contributed by atoms with E-state index in [9.17, 15) is 9.59 Å². The van der Waals surface area contributed by atoms with Crippen LogP contribution in [0, 0.1) is 13.8 Å². The second-order valence-electron chi connectivity index (χ2n) is 5.80. The third kappa shape index (κ3) is 6.11. The zero-order valence-electron chi connectivity index (χ0n) is 15.3. The van der Waals surface area contributed by atoms with Gasteiger partial charge < -0.3 is 4.74 Å². The lowest BCUT2D eigenvalue weighted by molar-refractivity contribution is -0.121. The second kappa shape index (κ2) is 9.87. The van der Waals surface area contributed by atoms with Crippen molar-refractivity contribution in [2.75, 3.05) is 12.4 Å².